The summed E-state index contributed by atoms with van der Waals surface area (Å²) < 4.78 is 3.87. The molecule has 130 valence electrons. The van der Waals surface area contributed by atoms with Gasteiger partial charge in [-0.15, -0.1) is 5.10 Å². The molecule has 0 aliphatic rings. The van der Waals surface area contributed by atoms with Gasteiger partial charge in [-0.1, -0.05) is 17.8 Å². The monoisotopic (exact) mass is 349 g/mol. The zero-order valence-corrected chi connectivity index (χ0v) is 15.0. The number of carbonyl (C=O) groups is 1. The van der Waals surface area contributed by atoms with Gasteiger partial charge in [0.1, 0.15) is 22.3 Å². The lowest BCUT2D eigenvalue weighted by Gasteiger charge is -2.09. The van der Waals surface area contributed by atoms with Gasteiger partial charge in [0.25, 0.3) is 5.91 Å². The first-order valence-corrected chi connectivity index (χ1v) is 8.84. The molecule has 1 amide bonds. The van der Waals surface area contributed by atoms with Gasteiger partial charge < -0.3 is 16.0 Å². The number of hydrogen-bond acceptors (Lipinski definition) is 8. The Morgan fingerprint density at radius 1 is 1.17 bits per heavy atom. The Morgan fingerprint density at radius 3 is 2.62 bits per heavy atom. The van der Waals surface area contributed by atoms with E-state index < -0.39 is 0 Å². The van der Waals surface area contributed by atoms with Crippen LogP contribution in [0.25, 0.3) is 0 Å². The summed E-state index contributed by atoms with van der Waals surface area (Å²) in [7, 11) is 0. The van der Waals surface area contributed by atoms with Crippen molar-refractivity contribution in [3.8, 4) is 0 Å². The highest BCUT2D eigenvalue weighted by molar-refractivity contribution is 7.08. The number of nitrogens with zero attached hydrogens (tertiary/aromatic N) is 4. The maximum atomic E-state index is 12.2. The highest BCUT2D eigenvalue weighted by atomic mass is 32.1. The fourth-order valence-electron chi connectivity index (χ4n) is 2.16. The van der Waals surface area contributed by atoms with Crippen LogP contribution in [-0.2, 0) is 6.42 Å². The molecule has 0 saturated carbocycles. The first-order valence-electron chi connectivity index (χ1n) is 8.06. The summed E-state index contributed by atoms with van der Waals surface area (Å²) in [6.07, 6.45) is 1.71. The summed E-state index contributed by atoms with van der Waals surface area (Å²) in [5, 5.41) is 13.2. The van der Waals surface area contributed by atoms with Crippen molar-refractivity contribution < 1.29 is 4.79 Å². The molecule has 2 aromatic heterocycles. The predicted octanol–water partition coefficient (Wildman–Crippen LogP) is 1.86. The third-order valence-corrected chi connectivity index (χ3v) is 3.93. The van der Waals surface area contributed by atoms with Crippen LogP contribution in [0.1, 0.15) is 41.5 Å². The molecule has 0 fully saturated rings. The molecule has 0 aromatic carbocycles. The van der Waals surface area contributed by atoms with Crippen molar-refractivity contribution in [2.45, 2.75) is 33.6 Å². The fraction of sp³-hybridized carbons (Fsp3) is 0.533. The Kier molecular flexibility index (Phi) is 6.86. The van der Waals surface area contributed by atoms with Crippen molar-refractivity contribution in [3.05, 3.63) is 22.5 Å². The molecule has 2 heterocycles. The molecule has 24 heavy (non-hydrogen) atoms. The second kappa shape index (κ2) is 9.11. The second-order valence-corrected chi connectivity index (χ2v) is 5.95. The van der Waals surface area contributed by atoms with Crippen LogP contribution in [0.4, 0.5) is 11.6 Å². The van der Waals surface area contributed by atoms with Crippen molar-refractivity contribution in [2.75, 3.05) is 30.3 Å². The Labute approximate surface area is 145 Å². The van der Waals surface area contributed by atoms with Crippen molar-refractivity contribution in [1.29, 1.82) is 0 Å². The molecule has 0 bridgehead atoms. The van der Waals surface area contributed by atoms with Gasteiger partial charge in [0.15, 0.2) is 0 Å². The topological polar surface area (TPSA) is 105 Å². The number of aromatic nitrogens is 4. The minimum absolute atomic E-state index is 0.123. The van der Waals surface area contributed by atoms with Gasteiger partial charge in [-0.25, -0.2) is 9.97 Å². The van der Waals surface area contributed by atoms with Crippen LogP contribution in [0.3, 0.4) is 0 Å². The Hall–Kier alpha value is -2.29. The van der Waals surface area contributed by atoms with Crippen LogP contribution in [-0.4, -0.2) is 45.1 Å². The number of nitrogens with one attached hydrogen (secondary N) is 3. The molecular weight excluding hydrogens is 326 g/mol. The normalized spacial score (nSPS) is 10.5. The van der Waals surface area contributed by atoms with Gasteiger partial charge in [0.2, 0.25) is 0 Å². The molecule has 2 aromatic rings. The van der Waals surface area contributed by atoms with E-state index >= 15 is 0 Å². The van der Waals surface area contributed by atoms with Crippen LogP contribution < -0.4 is 16.0 Å². The van der Waals surface area contributed by atoms with E-state index in [1.165, 1.54) is 0 Å². The van der Waals surface area contributed by atoms with E-state index in [9.17, 15) is 4.79 Å². The molecule has 0 spiro atoms. The first-order chi connectivity index (χ1) is 11.6. The summed E-state index contributed by atoms with van der Waals surface area (Å²) >= 11 is 1.14. The van der Waals surface area contributed by atoms with E-state index in [-0.39, 0.29) is 5.91 Å². The number of carbonyl (C=O) groups excluding carboxylic acids is 1. The van der Waals surface area contributed by atoms with Gasteiger partial charge in [-0.2, -0.15) is 0 Å². The molecule has 8 nitrogen and oxygen atoms in total. The lowest BCUT2D eigenvalue weighted by atomic mass is 10.2. The number of aryl methyl sites for hydroxylation is 2. The van der Waals surface area contributed by atoms with E-state index in [4.69, 9.17) is 0 Å². The molecule has 0 radical (unpaired) electrons. The van der Waals surface area contributed by atoms with Gasteiger partial charge in [0, 0.05) is 25.7 Å². The average Bonchev–Trinajstić information content (AvgIpc) is 3.00. The van der Waals surface area contributed by atoms with Crippen LogP contribution in [0.15, 0.2) is 6.07 Å². The lowest BCUT2D eigenvalue weighted by molar-refractivity contribution is 0.0958. The smallest absolute Gasteiger partial charge is 0.265 e. The molecule has 0 unspecified atom stereocenters. The van der Waals surface area contributed by atoms with Gasteiger partial charge >= 0.3 is 0 Å². The van der Waals surface area contributed by atoms with Crippen molar-refractivity contribution in [2.24, 2.45) is 0 Å². The van der Waals surface area contributed by atoms with Gasteiger partial charge in [-0.3, -0.25) is 4.79 Å². The van der Waals surface area contributed by atoms with E-state index in [1.807, 2.05) is 19.9 Å². The Morgan fingerprint density at radius 2 is 1.92 bits per heavy atom. The fourth-order valence-corrected chi connectivity index (χ4v) is 2.78. The Bertz CT molecular complexity index is 674. The zero-order chi connectivity index (χ0) is 17.4. The zero-order valence-electron chi connectivity index (χ0n) is 14.2. The summed E-state index contributed by atoms with van der Waals surface area (Å²) in [4.78, 5) is 21.4. The summed E-state index contributed by atoms with van der Waals surface area (Å²) in [6.45, 7) is 7.78. The van der Waals surface area contributed by atoms with E-state index in [0.717, 1.165) is 48.2 Å². The minimum atomic E-state index is -0.123. The minimum Gasteiger partial charge on any atom is -0.370 e. The van der Waals surface area contributed by atoms with Crippen LogP contribution in [0, 0.1) is 6.92 Å². The highest BCUT2D eigenvalue weighted by Gasteiger charge is 2.14. The van der Waals surface area contributed by atoms with E-state index in [2.05, 4.69) is 42.4 Å². The summed E-state index contributed by atoms with van der Waals surface area (Å²) in [5.74, 6) is 2.10. The SMILES string of the molecule is CCCc1nnsc1C(=O)NCCNc1cc(NCC)nc(C)n1. The first kappa shape index (κ1) is 18.1. The van der Waals surface area contributed by atoms with E-state index in [0.29, 0.717) is 23.8 Å². The number of anilines is 2. The van der Waals surface area contributed by atoms with Crippen molar-refractivity contribution >= 4 is 29.1 Å². The van der Waals surface area contributed by atoms with Crippen molar-refractivity contribution in [3.63, 3.8) is 0 Å². The third kappa shape index (κ3) is 5.12. The highest BCUT2D eigenvalue weighted by Crippen LogP contribution is 2.12. The standard InChI is InChI=1S/C15H23N7OS/c1-4-6-11-14(24-22-21-11)15(23)18-8-7-17-13-9-12(16-5-2)19-10(3)20-13/h9H,4-8H2,1-3H3,(H,18,23)(H2,16,17,19,20). The number of amides is 1. The molecule has 2 rings (SSSR count). The van der Waals surface area contributed by atoms with Crippen LogP contribution in [0.5, 0.6) is 0 Å². The molecule has 3 N–H and O–H groups in total. The molecular formula is C15H23N7OS. The number of hydrogen-bond donors (Lipinski definition) is 3. The lowest BCUT2D eigenvalue weighted by Crippen LogP contribution is -2.29. The quantitative estimate of drug-likeness (QED) is 0.594. The second-order valence-electron chi connectivity index (χ2n) is 5.20. The van der Waals surface area contributed by atoms with Crippen LogP contribution in [0.2, 0.25) is 0 Å². The van der Waals surface area contributed by atoms with Crippen molar-refractivity contribution in [1.82, 2.24) is 24.9 Å². The summed E-state index contributed by atoms with van der Waals surface area (Å²) in [5.41, 5.74) is 0.773. The maximum absolute atomic E-state index is 12.2. The molecule has 0 saturated heterocycles. The van der Waals surface area contributed by atoms with Gasteiger partial charge in [-0.05, 0) is 31.8 Å². The van der Waals surface area contributed by atoms with Gasteiger partial charge in [0.05, 0.1) is 5.69 Å². The molecule has 0 aliphatic heterocycles. The largest absolute Gasteiger partial charge is 0.370 e. The maximum Gasteiger partial charge on any atom is 0.265 e. The summed E-state index contributed by atoms with van der Waals surface area (Å²) in [6, 6.07) is 1.85. The Balaban J connectivity index is 1.82. The molecule has 9 heteroatoms. The predicted molar refractivity (Wildman–Crippen MR) is 95.7 cm³/mol. The third-order valence-electron chi connectivity index (χ3n) is 3.16. The number of rotatable bonds is 9. The molecule has 0 aliphatic carbocycles. The molecule has 0 atom stereocenters. The van der Waals surface area contributed by atoms with Crippen LogP contribution >= 0.6 is 11.5 Å². The average molecular weight is 349 g/mol. The van der Waals surface area contributed by atoms with E-state index in [1.54, 1.807) is 0 Å².